The summed E-state index contributed by atoms with van der Waals surface area (Å²) in [5, 5.41) is 4.35. The lowest BCUT2D eigenvalue weighted by Crippen LogP contribution is -2.09. The van der Waals surface area contributed by atoms with Crippen molar-refractivity contribution in [2.45, 2.75) is 33.6 Å². The van der Waals surface area contributed by atoms with Crippen LogP contribution in [0.4, 0.5) is 0 Å². The van der Waals surface area contributed by atoms with E-state index in [4.69, 9.17) is 4.74 Å². The third-order valence-corrected chi connectivity index (χ3v) is 3.13. The molecule has 0 aliphatic carbocycles. The van der Waals surface area contributed by atoms with Crippen LogP contribution in [0.5, 0.6) is 0 Å². The van der Waals surface area contributed by atoms with Gasteiger partial charge in [0, 0.05) is 0 Å². The Kier molecular flexibility index (Phi) is 4.56. The Balaban J connectivity index is 2.43. The molecule has 2 rings (SSSR count). The lowest BCUT2D eigenvalue weighted by molar-refractivity contribution is 0.0525. The van der Waals surface area contributed by atoms with Gasteiger partial charge in [-0.15, -0.1) is 0 Å². The van der Waals surface area contributed by atoms with Crippen molar-refractivity contribution in [2.24, 2.45) is 0 Å². The lowest BCUT2D eigenvalue weighted by Gasteiger charge is -2.09. The summed E-state index contributed by atoms with van der Waals surface area (Å²) in [6, 6.07) is 8.10. The van der Waals surface area contributed by atoms with E-state index < -0.39 is 0 Å². The predicted octanol–water partition coefficient (Wildman–Crippen LogP) is 3.31. The molecule has 0 spiro atoms. The molecule has 4 nitrogen and oxygen atoms in total. The maximum Gasteiger partial charge on any atom is 0.341 e. The van der Waals surface area contributed by atoms with E-state index in [9.17, 15) is 4.79 Å². The summed E-state index contributed by atoms with van der Waals surface area (Å²) in [4.78, 5) is 12.0. The number of carbonyl (C=O) groups excluding carboxylic acids is 1. The number of hydrogen-bond donors (Lipinski definition) is 0. The van der Waals surface area contributed by atoms with Crippen LogP contribution in [0.2, 0.25) is 0 Å². The van der Waals surface area contributed by atoms with Crippen molar-refractivity contribution >= 4 is 5.97 Å². The van der Waals surface area contributed by atoms with Gasteiger partial charge in [-0.2, -0.15) is 5.10 Å². The first-order chi connectivity index (χ1) is 9.67. The van der Waals surface area contributed by atoms with E-state index in [1.54, 1.807) is 6.20 Å². The number of ether oxygens (including phenoxy) is 1. The predicted molar refractivity (Wildman–Crippen MR) is 78.3 cm³/mol. The van der Waals surface area contributed by atoms with E-state index in [1.165, 1.54) is 5.56 Å². The van der Waals surface area contributed by atoms with E-state index in [2.05, 4.69) is 12.0 Å². The van der Waals surface area contributed by atoms with Gasteiger partial charge in [-0.3, -0.25) is 0 Å². The van der Waals surface area contributed by atoms with Crippen molar-refractivity contribution in [3.05, 3.63) is 47.3 Å². The Hall–Kier alpha value is -2.10. The molecule has 106 valence electrons. The fraction of sp³-hybridized carbons (Fsp3) is 0.375. The molecule has 0 radical (unpaired) electrons. The first kappa shape index (κ1) is 14.3. The average molecular weight is 272 g/mol. The number of aryl methyl sites for hydroxylation is 1. The molecule has 0 unspecified atom stereocenters. The number of nitrogens with zero attached hydrogens (tertiary/aromatic N) is 2. The van der Waals surface area contributed by atoms with E-state index in [-0.39, 0.29) is 5.97 Å². The van der Waals surface area contributed by atoms with E-state index in [1.807, 2.05) is 42.8 Å². The monoisotopic (exact) mass is 272 g/mol. The van der Waals surface area contributed by atoms with Crippen molar-refractivity contribution in [1.82, 2.24) is 9.78 Å². The quantitative estimate of drug-likeness (QED) is 0.784. The van der Waals surface area contributed by atoms with Crippen molar-refractivity contribution in [1.29, 1.82) is 0 Å². The molecule has 0 aliphatic heterocycles. The Labute approximate surface area is 119 Å². The van der Waals surface area contributed by atoms with Crippen LogP contribution in [-0.2, 0) is 11.2 Å². The van der Waals surface area contributed by atoms with Crippen molar-refractivity contribution in [3.63, 3.8) is 0 Å². The SMILES string of the molecule is CCCc1c(C(=O)OCC)cnn1-c1ccc(C)cc1. The minimum atomic E-state index is -0.297. The number of esters is 1. The molecular weight excluding hydrogens is 252 g/mol. The maximum atomic E-state index is 12.0. The highest BCUT2D eigenvalue weighted by Gasteiger charge is 2.18. The van der Waals surface area contributed by atoms with Crippen LogP contribution in [0.3, 0.4) is 0 Å². The van der Waals surface area contributed by atoms with Crippen molar-refractivity contribution in [3.8, 4) is 5.69 Å². The van der Waals surface area contributed by atoms with Gasteiger partial charge in [0.1, 0.15) is 5.56 Å². The highest BCUT2D eigenvalue weighted by molar-refractivity contribution is 5.90. The third kappa shape index (κ3) is 2.90. The molecule has 1 aromatic carbocycles. The third-order valence-electron chi connectivity index (χ3n) is 3.13. The highest BCUT2D eigenvalue weighted by atomic mass is 16.5. The standard InChI is InChI=1S/C16H20N2O2/c1-4-6-15-14(16(19)20-5-2)11-17-18(15)13-9-7-12(3)8-10-13/h7-11H,4-6H2,1-3H3. The van der Waals surface area contributed by atoms with Crippen LogP contribution in [0.1, 0.15) is 41.9 Å². The molecule has 0 saturated carbocycles. The van der Waals surface area contributed by atoms with Crippen LogP contribution in [0, 0.1) is 6.92 Å². The van der Waals surface area contributed by atoms with Crippen LogP contribution >= 0.6 is 0 Å². The summed E-state index contributed by atoms with van der Waals surface area (Å²) in [7, 11) is 0. The number of carbonyl (C=O) groups is 1. The summed E-state index contributed by atoms with van der Waals surface area (Å²) in [5.41, 5.74) is 3.64. The van der Waals surface area contributed by atoms with Crippen LogP contribution in [0.15, 0.2) is 30.5 Å². The Morgan fingerprint density at radius 3 is 2.55 bits per heavy atom. The molecule has 4 heteroatoms. The van der Waals surface area contributed by atoms with Gasteiger partial charge in [-0.05, 0) is 32.4 Å². The normalized spacial score (nSPS) is 10.6. The summed E-state index contributed by atoms with van der Waals surface area (Å²) in [6.45, 7) is 6.31. The molecule has 20 heavy (non-hydrogen) atoms. The van der Waals surface area contributed by atoms with Crippen molar-refractivity contribution in [2.75, 3.05) is 6.61 Å². The summed E-state index contributed by atoms with van der Waals surface area (Å²) in [5.74, 6) is -0.297. The maximum absolute atomic E-state index is 12.0. The first-order valence-electron chi connectivity index (χ1n) is 6.98. The molecule has 1 heterocycles. The molecule has 0 N–H and O–H groups in total. The molecule has 0 fully saturated rings. The van der Waals surface area contributed by atoms with Crippen LogP contribution < -0.4 is 0 Å². The van der Waals surface area contributed by atoms with E-state index >= 15 is 0 Å². The van der Waals surface area contributed by atoms with E-state index in [0.717, 1.165) is 24.2 Å². The van der Waals surface area contributed by atoms with E-state index in [0.29, 0.717) is 12.2 Å². The van der Waals surface area contributed by atoms with Crippen LogP contribution in [-0.4, -0.2) is 22.4 Å². The van der Waals surface area contributed by atoms with Gasteiger partial charge in [-0.1, -0.05) is 31.0 Å². The minimum Gasteiger partial charge on any atom is -0.462 e. The second kappa shape index (κ2) is 6.37. The van der Waals surface area contributed by atoms with Gasteiger partial charge in [0.05, 0.1) is 24.2 Å². The molecule has 0 amide bonds. The topological polar surface area (TPSA) is 44.1 Å². The minimum absolute atomic E-state index is 0.297. The lowest BCUT2D eigenvalue weighted by atomic mass is 10.1. The molecular formula is C16H20N2O2. The smallest absolute Gasteiger partial charge is 0.341 e. The molecule has 0 bridgehead atoms. The highest BCUT2D eigenvalue weighted by Crippen LogP contribution is 2.18. The zero-order valence-corrected chi connectivity index (χ0v) is 12.2. The van der Waals surface area contributed by atoms with Gasteiger partial charge in [-0.25, -0.2) is 9.48 Å². The Morgan fingerprint density at radius 1 is 1.25 bits per heavy atom. The van der Waals surface area contributed by atoms with Gasteiger partial charge in [0.2, 0.25) is 0 Å². The molecule has 2 aromatic rings. The first-order valence-corrected chi connectivity index (χ1v) is 6.98. The summed E-state index contributed by atoms with van der Waals surface area (Å²) >= 11 is 0. The van der Waals surface area contributed by atoms with Crippen LogP contribution in [0.25, 0.3) is 5.69 Å². The second-order valence-electron chi connectivity index (χ2n) is 4.72. The van der Waals surface area contributed by atoms with Gasteiger partial charge in [0.15, 0.2) is 0 Å². The van der Waals surface area contributed by atoms with Gasteiger partial charge < -0.3 is 4.74 Å². The van der Waals surface area contributed by atoms with Crippen molar-refractivity contribution < 1.29 is 9.53 Å². The second-order valence-corrected chi connectivity index (χ2v) is 4.72. The fourth-order valence-electron chi connectivity index (χ4n) is 2.14. The number of aromatic nitrogens is 2. The van der Waals surface area contributed by atoms with Gasteiger partial charge in [0.25, 0.3) is 0 Å². The fourth-order valence-corrected chi connectivity index (χ4v) is 2.14. The summed E-state index contributed by atoms with van der Waals surface area (Å²) in [6.07, 6.45) is 3.34. The molecule has 1 aromatic heterocycles. The Bertz CT molecular complexity index is 585. The zero-order chi connectivity index (χ0) is 14.5. The zero-order valence-electron chi connectivity index (χ0n) is 12.2. The number of benzene rings is 1. The largest absolute Gasteiger partial charge is 0.462 e. The molecule has 0 aliphatic rings. The van der Waals surface area contributed by atoms with Gasteiger partial charge >= 0.3 is 5.97 Å². The molecule has 0 saturated heterocycles. The number of hydrogen-bond acceptors (Lipinski definition) is 3. The average Bonchev–Trinajstić information content (AvgIpc) is 2.84. The summed E-state index contributed by atoms with van der Waals surface area (Å²) < 4.78 is 6.92. The number of rotatable bonds is 5. The molecule has 0 atom stereocenters. The Morgan fingerprint density at radius 2 is 1.95 bits per heavy atom.